The van der Waals surface area contributed by atoms with Crippen LogP contribution in [0.4, 0.5) is 0 Å². The van der Waals surface area contributed by atoms with Crippen LogP contribution < -0.4 is 10.9 Å². The van der Waals surface area contributed by atoms with Crippen LogP contribution in [0.3, 0.4) is 0 Å². The lowest BCUT2D eigenvalue weighted by Crippen LogP contribution is -2.50. The molecule has 0 aliphatic rings. The third kappa shape index (κ3) is 7.09. The maximum atomic E-state index is 12.0. The summed E-state index contributed by atoms with van der Waals surface area (Å²) in [4.78, 5) is 25.2. The molecule has 0 saturated heterocycles. The lowest BCUT2D eigenvalue weighted by molar-refractivity contribution is -0.132. The molecule has 0 heterocycles. The molecule has 0 aliphatic carbocycles. The van der Waals surface area contributed by atoms with Gasteiger partial charge in [-0.2, -0.15) is 0 Å². The molecule has 1 atom stereocenters. The highest BCUT2D eigenvalue weighted by molar-refractivity contribution is 7.80. The van der Waals surface area contributed by atoms with E-state index >= 15 is 0 Å². The average Bonchev–Trinajstić information content (AvgIpc) is 2.51. The Morgan fingerprint density at radius 3 is 1.92 bits per heavy atom. The van der Waals surface area contributed by atoms with E-state index < -0.39 is 11.8 Å². The van der Waals surface area contributed by atoms with Gasteiger partial charge in [0, 0.05) is 25.4 Å². The van der Waals surface area contributed by atoms with Crippen molar-refractivity contribution in [2.45, 2.75) is 53.9 Å². The molecule has 6 nitrogen and oxygen atoms in total. The van der Waals surface area contributed by atoms with Gasteiger partial charge in [0.05, 0.1) is 4.99 Å². The molecule has 1 unspecified atom stereocenters. The normalized spacial score (nSPS) is 12.1. The van der Waals surface area contributed by atoms with Gasteiger partial charge in [0.25, 0.3) is 0 Å². The summed E-state index contributed by atoms with van der Waals surface area (Å²) in [5.74, 6) is -0.666. The first-order valence-corrected chi connectivity index (χ1v) is 8.92. The van der Waals surface area contributed by atoms with Gasteiger partial charge in [0.1, 0.15) is 11.4 Å². The molecule has 0 aromatic rings. The first kappa shape index (κ1) is 22.7. The molecule has 24 heavy (non-hydrogen) atoms. The van der Waals surface area contributed by atoms with Crippen molar-refractivity contribution in [1.82, 2.24) is 20.9 Å². The van der Waals surface area contributed by atoms with Crippen LogP contribution in [0.2, 0.25) is 0 Å². The summed E-state index contributed by atoms with van der Waals surface area (Å²) in [5, 5.41) is 3.00. The van der Waals surface area contributed by atoms with Crippen molar-refractivity contribution in [3.05, 3.63) is 0 Å². The van der Waals surface area contributed by atoms with Crippen LogP contribution in [0.5, 0.6) is 0 Å². The Balaban J connectivity index is 4.50. The topological polar surface area (TPSA) is 64.7 Å². The van der Waals surface area contributed by atoms with Crippen molar-refractivity contribution < 1.29 is 9.59 Å². The zero-order chi connectivity index (χ0) is 19.1. The number of nitrogens with zero attached hydrogens (tertiary/aromatic N) is 2. The fraction of sp³-hybridized carbons (Fsp3) is 0.750. The number of nitrogens with one attached hydrogen (secondary N) is 2. The van der Waals surface area contributed by atoms with Crippen molar-refractivity contribution in [2.75, 3.05) is 14.1 Å². The second kappa shape index (κ2) is 9.88. The minimum atomic E-state index is -0.424. The zero-order valence-electron chi connectivity index (χ0n) is 15.7. The molecule has 2 N–H and O–H groups in total. The van der Waals surface area contributed by atoms with E-state index in [2.05, 4.69) is 10.9 Å². The minimum Gasteiger partial charge on any atom is -0.282 e. The molecule has 0 fully saturated rings. The standard InChI is InChI=1S/C16H30N4O2S2/c1-8-11(3)14(23)19(6)17-12(21)10-13(22)18-20(7)15(24)16(4,5)9-2/h11H,8-10H2,1-7H3,(H,17,21)(H,18,22). The number of thiocarbonyl (C=S) groups is 2. The van der Waals surface area contributed by atoms with Crippen molar-refractivity contribution in [3.63, 3.8) is 0 Å². The predicted octanol–water partition coefficient (Wildman–Crippen LogP) is 2.44. The highest BCUT2D eigenvalue weighted by atomic mass is 32.1. The Morgan fingerprint density at radius 2 is 1.50 bits per heavy atom. The van der Waals surface area contributed by atoms with Crippen LogP contribution in [-0.4, -0.2) is 45.9 Å². The van der Waals surface area contributed by atoms with Gasteiger partial charge in [-0.25, -0.2) is 0 Å². The molecule has 0 aliphatic heterocycles. The van der Waals surface area contributed by atoms with E-state index in [1.807, 2.05) is 34.6 Å². The van der Waals surface area contributed by atoms with Gasteiger partial charge in [-0.3, -0.25) is 30.5 Å². The highest BCUT2D eigenvalue weighted by Gasteiger charge is 2.25. The third-order valence-electron chi connectivity index (χ3n) is 4.04. The summed E-state index contributed by atoms with van der Waals surface area (Å²) in [7, 11) is 3.36. The molecule has 0 aromatic heterocycles. The number of rotatable bonds is 6. The molecule has 8 heteroatoms. The molecular formula is C16H30N4O2S2. The summed E-state index contributed by atoms with van der Waals surface area (Å²) >= 11 is 10.6. The van der Waals surface area contributed by atoms with E-state index in [-0.39, 0.29) is 17.8 Å². The number of carbonyl (C=O) groups is 2. The summed E-state index contributed by atoms with van der Waals surface area (Å²) in [6, 6.07) is 0. The molecule has 2 amide bonds. The Kier molecular flexibility index (Phi) is 9.35. The first-order valence-electron chi connectivity index (χ1n) is 8.10. The van der Waals surface area contributed by atoms with Crippen LogP contribution in [0.15, 0.2) is 0 Å². The van der Waals surface area contributed by atoms with Crippen molar-refractivity contribution in [2.24, 2.45) is 11.3 Å². The Hall–Kier alpha value is -1.28. The molecule has 0 aromatic carbocycles. The second-order valence-corrected chi connectivity index (χ2v) is 7.36. The predicted molar refractivity (Wildman–Crippen MR) is 105 cm³/mol. The lowest BCUT2D eigenvalue weighted by Gasteiger charge is -2.31. The van der Waals surface area contributed by atoms with Crippen molar-refractivity contribution in [3.8, 4) is 0 Å². The number of hydrazine groups is 2. The molecule has 138 valence electrons. The van der Waals surface area contributed by atoms with Gasteiger partial charge in [-0.05, 0) is 12.8 Å². The van der Waals surface area contributed by atoms with Crippen LogP contribution >= 0.6 is 24.4 Å². The summed E-state index contributed by atoms with van der Waals surface area (Å²) < 4.78 is 0. The van der Waals surface area contributed by atoms with E-state index in [9.17, 15) is 9.59 Å². The van der Waals surface area contributed by atoms with E-state index in [4.69, 9.17) is 24.4 Å². The van der Waals surface area contributed by atoms with E-state index in [0.717, 1.165) is 12.8 Å². The number of hydrogen-bond acceptors (Lipinski definition) is 4. The van der Waals surface area contributed by atoms with E-state index in [1.54, 1.807) is 14.1 Å². The van der Waals surface area contributed by atoms with Gasteiger partial charge in [0.15, 0.2) is 0 Å². The molecule has 0 spiro atoms. The molecule has 0 bridgehead atoms. The zero-order valence-corrected chi connectivity index (χ0v) is 17.4. The Morgan fingerprint density at radius 1 is 1.04 bits per heavy atom. The maximum Gasteiger partial charge on any atom is 0.248 e. The average molecular weight is 375 g/mol. The monoisotopic (exact) mass is 374 g/mol. The van der Waals surface area contributed by atoms with Crippen LogP contribution in [0.25, 0.3) is 0 Å². The molecule has 0 saturated carbocycles. The Labute approximate surface area is 156 Å². The first-order chi connectivity index (χ1) is 11.0. The van der Waals surface area contributed by atoms with E-state index in [0.29, 0.717) is 9.98 Å². The van der Waals surface area contributed by atoms with Crippen LogP contribution in [0, 0.1) is 11.3 Å². The quantitative estimate of drug-likeness (QED) is 0.423. The van der Waals surface area contributed by atoms with Gasteiger partial charge < -0.3 is 0 Å². The number of amides is 2. The van der Waals surface area contributed by atoms with Gasteiger partial charge in [-0.1, -0.05) is 59.1 Å². The largest absolute Gasteiger partial charge is 0.282 e. The fourth-order valence-electron chi connectivity index (χ4n) is 1.82. The maximum absolute atomic E-state index is 12.0. The van der Waals surface area contributed by atoms with Crippen LogP contribution in [-0.2, 0) is 9.59 Å². The number of hydrogen-bond donors (Lipinski definition) is 2. The fourth-order valence-corrected chi connectivity index (χ4v) is 2.22. The summed E-state index contributed by atoms with van der Waals surface area (Å²) in [6.07, 6.45) is 1.44. The Bertz CT molecular complexity index is 494. The minimum absolute atomic E-state index is 0.180. The van der Waals surface area contributed by atoms with Crippen LogP contribution in [0.1, 0.15) is 53.9 Å². The van der Waals surface area contributed by atoms with Crippen molar-refractivity contribution in [1.29, 1.82) is 0 Å². The van der Waals surface area contributed by atoms with Crippen molar-refractivity contribution >= 4 is 46.2 Å². The summed E-state index contributed by atoms with van der Waals surface area (Å²) in [5.41, 5.74) is 5.03. The SMILES string of the molecule is CCC(C)C(=S)N(C)NC(=O)CC(=O)NN(C)C(=S)C(C)(C)CC. The highest BCUT2D eigenvalue weighted by Crippen LogP contribution is 2.23. The summed E-state index contributed by atoms with van der Waals surface area (Å²) in [6.45, 7) is 10.1. The molecular weight excluding hydrogens is 344 g/mol. The van der Waals surface area contributed by atoms with Gasteiger partial charge >= 0.3 is 0 Å². The van der Waals surface area contributed by atoms with Gasteiger partial charge in [-0.15, -0.1) is 0 Å². The van der Waals surface area contributed by atoms with Gasteiger partial charge in [0.2, 0.25) is 11.8 Å². The third-order valence-corrected chi connectivity index (χ3v) is 5.54. The van der Waals surface area contributed by atoms with E-state index in [1.165, 1.54) is 10.0 Å². The molecule has 0 radical (unpaired) electrons. The lowest BCUT2D eigenvalue weighted by atomic mass is 9.90. The second-order valence-electron chi connectivity index (χ2n) is 6.55. The smallest absolute Gasteiger partial charge is 0.248 e. The molecule has 0 rings (SSSR count). The number of carbonyl (C=O) groups excluding carboxylic acids is 2.